The average molecular weight is 353 g/mol. The predicted octanol–water partition coefficient (Wildman–Crippen LogP) is 4.00. The second-order valence-corrected chi connectivity index (χ2v) is 6.67. The van der Waals surface area contributed by atoms with Crippen molar-refractivity contribution in [2.24, 2.45) is 5.41 Å². The van der Waals surface area contributed by atoms with E-state index in [1.165, 1.54) is 12.1 Å². The van der Waals surface area contributed by atoms with Crippen molar-refractivity contribution in [1.29, 1.82) is 0 Å². The third-order valence-electron chi connectivity index (χ3n) is 3.74. The Morgan fingerprint density at radius 1 is 1.13 bits per heavy atom. The van der Waals surface area contributed by atoms with E-state index in [1.807, 2.05) is 6.07 Å². The van der Waals surface area contributed by atoms with E-state index in [4.69, 9.17) is 0 Å². The Morgan fingerprint density at radius 2 is 1.74 bits per heavy atom. The highest BCUT2D eigenvalue weighted by Crippen LogP contribution is 2.39. The molecule has 1 heterocycles. The summed E-state index contributed by atoms with van der Waals surface area (Å²) in [5, 5.41) is 3.30. The van der Waals surface area contributed by atoms with Crippen molar-refractivity contribution in [3.8, 4) is 5.75 Å². The van der Waals surface area contributed by atoms with E-state index in [-0.39, 0.29) is 29.6 Å². The van der Waals surface area contributed by atoms with Crippen LogP contribution < -0.4 is 10.1 Å². The zero-order valence-electron chi connectivity index (χ0n) is 13.6. The smallest absolute Gasteiger partial charge is 0.406 e. The maximum absolute atomic E-state index is 12.4. The topological polar surface area (TPSA) is 24.5 Å². The van der Waals surface area contributed by atoms with Crippen LogP contribution in [0.25, 0.3) is 0 Å². The number of alkyl halides is 3. The number of hydrogen-bond donors (Lipinski definition) is 1. The Bertz CT molecular complexity index is 497. The Labute approximate surface area is 141 Å². The van der Waals surface area contributed by atoms with E-state index in [1.54, 1.807) is 6.07 Å². The summed E-state index contributed by atoms with van der Waals surface area (Å²) in [6.07, 6.45) is -4.66. The minimum atomic E-state index is -4.66. The molecule has 1 atom stereocenters. The van der Waals surface area contributed by atoms with Crippen molar-refractivity contribution in [3.05, 3.63) is 29.8 Å². The van der Waals surface area contributed by atoms with Crippen molar-refractivity contribution in [2.45, 2.75) is 33.2 Å². The number of benzene rings is 1. The quantitative estimate of drug-likeness (QED) is 0.890. The summed E-state index contributed by atoms with van der Waals surface area (Å²) in [5.41, 5.74) is 0.768. The van der Waals surface area contributed by atoms with Gasteiger partial charge in [0.1, 0.15) is 5.75 Å². The van der Waals surface area contributed by atoms with Crippen LogP contribution in [0.1, 0.15) is 32.4 Å². The summed E-state index contributed by atoms with van der Waals surface area (Å²) in [6.45, 7) is 9.88. The molecule has 0 amide bonds. The fourth-order valence-corrected chi connectivity index (χ4v) is 3.08. The highest BCUT2D eigenvalue weighted by molar-refractivity contribution is 5.85. The van der Waals surface area contributed by atoms with Crippen LogP contribution in [0.3, 0.4) is 0 Å². The molecule has 0 spiro atoms. The van der Waals surface area contributed by atoms with Gasteiger partial charge in [0.25, 0.3) is 0 Å². The van der Waals surface area contributed by atoms with Crippen molar-refractivity contribution in [3.63, 3.8) is 0 Å². The van der Waals surface area contributed by atoms with Crippen LogP contribution in [0, 0.1) is 5.41 Å². The summed E-state index contributed by atoms with van der Waals surface area (Å²) >= 11 is 0. The fourth-order valence-electron chi connectivity index (χ4n) is 3.08. The Kier molecular flexibility index (Phi) is 6.74. The highest BCUT2D eigenvalue weighted by Gasteiger charge is 2.34. The number of ether oxygens (including phenoxy) is 1. The van der Waals surface area contributed by atoms with Crippen LogP contribution >= 0.6 is 12.4 Å². The Morgan fingerprint density at radius 3 is 2.26 bits per heavy atom. The number of rotatable bonds is 3. The second kappa shape index (κ2) is 7.73. The van der Waals surface area contributed by atoms with Gasteiger partial charge in [-0.25, -0.2) is 0 Å². The molecule has 1 aliphatic rings. The summed E-state index contributed by atoms with van der Waals surface area (Å²) in [7, 11) is 0. The van der Waals surface area contributed by atoms with Gasteiger partial charge in [-0.2, -0.15) is 0 Å². The zero-order chi connectivity index (χ0) is 16.4. The normalized spacial score (nSPS) is 18.2. The molecule has 2 rings (SSSR count). The van der Waals surface area contributed by atoms with E-state index < -0.39 is 6.36 Å². The number of piperazine rings is 1. The lowest BCUT2D eigenvalue weighted by atomic mass is 9.81. The van der Waals surface area contributed by atoms with E-state index in [9.17, 15) is 13.2 Å². The maximum Gasteiger partial charge on any atom is 0.573 e. The first-order chi connectivity index (χ1) is 10.2. The first kappa shape index (κ1) is 20.1. The molecule has 23 heavy (non-hydrogen) atoms. The lowest BCUT2D eigenvalue weighted by molar-refractivity contribution is -0.274. The molecule has 0 radical (unpaired) electrons. The van der Waals surface area contributed by atoms with Crippen LogP contribution in [-0.4, -0.2) is 37.4 Å². The van der Waals surface area contributed by atoms with E-state index in [2.05, 4.69) is 35.7 Å². The van der Waals surface area contributed by atoms with Crippen LogP contribution in [0.15, 0.2) is 24.3 Å². The number of hydrogen-bond acceptors (Lipinski definition) is 3. The van der Waals surface area contributed by atoms with Gasteiger partial charge in [0.05, 0.1) is 0 Å². The van der Waals surface area contributed by atoms with Crippen molar-refractivity contribution in [2.75, 3.05) is 26.2 Å². The largest absolute Gasteiger partial charge is 0.573 e. The Balaban J connectivity index is 0.00000264. The van der Waals surface area contributed by atoms with Crippen LogP contribution in [0.2, 0.25) is 0 Å². The molecule has 0 bridgehead atoms. The third-order valence-corrected chi connectivity index (χ3v) is 3.74. The van der Waals surface area contributed by atoms with Crippen LogP contribution in [-0.2, 0) is 0 Å². The molecule has 1 aromatic rings. The van der Waals surface area contributed by atoms with Crippen molar-refractivity contribution >= 4 is 12.4 Å². The number of nitrogens with one attached hydrogen (secondary N) is 1. The van der Waals surface area contributed by atoms with Gasteiger partial charge >= 0.3 is 6.36 Å². The van der Waals surface area contributed by atoms with E-state index in [0.717, 1.165) is 31.7 Å². The molecule has 7 heteroatoms. The average Bonchev–Trinajstić information content (AvgIpc) is 2.37. The van der Waals surface area contributed by atoms with Gasteiger partial charge in [-0.15, -0.1) is 25.6 Å². The molecule has 1 fully saturated rings. The zero-order valence-corrected chi connectivity index (χ0v) is 14.4. The molecule has 1 N–H and O–H groups in total. The van der Waals surface area contributed by atoms with Gasteiger partial charge < -0.3 is 10.1 Å². The van der Waals surface area contributed by atoms with Gasteiger partial charge in [0.2, 0.25) is 0 Å². The molecule has 132 valence electrons. The van der Waals surface area contributed by atoms with Gasteiger partial charge in [-0.3, -0.25) is 4.90 Å². The van der Waals surface area contributed by atoms with Gasteiger partial charge in [-0.05, 0) is 23.1 Å². The third kappa shape index (κ3) is 5.86. The monoisotopic (exact) mass is 352 g/mol. The highest BCUT2D eigenvalue weighted by atomic mass is 35.5. The molecule has 1 saturated heterocycles. The molecule has 0 aliphatic carbocycles. The first-order valence-electron chi connectivity index (χ1n) is 7.47. The first-order valence-corrected chi connectivity index (χ1v) is 7.47. The van der Waals surface area contributed by atoms with Crippen LogP contribution in [0.5, 0.6) is 5.75 Å². The summed E-state index contributed by atoms with van der Waals surface area (Å²) in [6, 6.07) is 6.39. The fraction of sp³-hybridized carbons (Fsp3) is 0.625. The lowest BCUT2D eigenvalue weighted by Gasteiger charge is -2.42. The molecule has 1 aliphatic heterocycles. The standard InChI is InChI=1S/C16H23F3N2O.ClH/c1-15(2,3)14(21-9-7-20-8-10-21)12-5-4-6-13(11-12)22-16(17,18)19;/h4-6,11,14,20H,7-10H2,1-3H3;1H/t14-;/m1./s1. The molecule has 0 unspecified atom stereocenters. The molecule has 1 aromatic carbocycles. The summed E-state index contributed by atoms with van der Waals surface area (Å²) < 4.78 is 41.3. The lowest BCUT2D eigenvalue weighted by Crippen LogP contribution is -2.48. The molecular weight excluding hydrogens is 329 g/mol. The van der Waals surface area contributed by atoms with Crippen molar-refractivity contribution in [1.82, 2.24) is 10.2 Å². The van der Waals surface area contributed by atoms with Crippen molar-refractivity contribution < 1.29 is 17.9 Å². The summed E-state index contributed by atoms with van der Waals surface area (Å²) in [4.78, 5) is 2.32. The number of halogens is 4. The maximum atomic E-state index is 12.4. The van der Waals surface area contributed by atoms with Gasteiger partial charge in [-0.1, -0.05) is 32.9 Å². The second-order valence-electron chi connectivity index (χ2n) is 6.67. The number of nitrogens with zero attached hydrogens (tertiary/aromatic N) is 1. The molecular formula is C16H24ClF3N2O. The minimum Gasteiger partial charge on any atom is -0.406 e. The van der Waals surface area contributed by atoms with E-state index >= 15 is 0 Å². The molecule has 0 saturated carbocycles. The van der Waals surface area contributed by atoms with Gasteiger partial charge in [0.15, 0.2) is 0 Å². The van der Waals surface area contributed by atoms with Gasteiger partial charge in [0, 0.05) is 32.2 Å². The SMILES string of the molecule is CC(C)(C)[C@@H](c1cccc(OC(F)(F)F)c1)N1CCNCC1.Cl. The molecule has 3 nitrogen and oxygen atoms in total. The molecule has 0 aromatic heterocycles. The Hall–Kier alpha value is -0.980. The minimum absolute atomic E-state index is 0. The summed E-state index contributed by atoms with van der Waals surface area (Å²) in [5.74, 6) is -0.158. The predicted molar refractivity (Wildman–Crippen MR) is 87.0 cm³/mol. The van der Waals surface area contributed by atoms with Crippen LogP contribution in [0.4, 0.5) is 13.2 Å². The van der Waals surface area contributed by atoms with E-state index in [0.29, 0.717) is 0 Å².